The number of benzene rings is 4. The molecule has 0 spiro atoms. The van der Waals surface area contributed by atoms with E-state index in [9.17, 15) is 0 Å². The third-order valence-corrected chi connectivity index (χ3v) is 16.4. The van der Waals surface area contributed by atoms with Crippen molar-refractivity contribution in [2.45, 2.75) is 0 Å². The summed E-state index contributed by atoms with van der Waals surface area (Å²) in [7, 11) is -2.85. The Hall–Kier alpha value is -1.07. The molecule has 0 unspecified atom stereocenters. The minimum atomic E-state index is -2.85. The van der Waals surface area contributed by atoms with Crippen LogP contribution in [0.1, 0.15) is 0 Å². The zero-order valence-electron chi connectivity index (χ0n) is 17.2. The summed E-state index contributed by atoms with van der Waals surface area (Å²) in [4.78, 5) is 0. The molecule has 0 aliphatic heterocycles. The topological polar surface area (TPSA) is 12.5 Å². The van der Waals surface area contributed by atoms with Gasteiger partial charge in [0, 0.05) is 0 Å². The quantitative estimate of drug-likeness (QED) is 0.0752. The normalized spacial score (nSPS) is 11.2. The van der Waals surface area contributed by atoms with Gasteiger partial charge in [0.05, 0.1) is 0 Å². The van der Waals surface area contributed by atoms with Crippen molar-refractivity contribution >= 4 is 87.7 Å². The van der Waals surface area contributed by atoms with Gasteiger partial charge in [-0.25, -0.2) is 0 Å². The van der Waals surface area contributed by atoms with Gasteiger partial charge in [-0.1, -0.05) is 0 Å². The summed E-state index contributed by atoms with van der Waals surface area (Å²) in [5.74, 6) is 0. The Morgan fingerprint density at radius 2 is 1.03 bits per heavy atom. The standard InChI is InChI=1S/C18H15OSi.C6HCl5N.Zn/c19-20(16-10-4-1-5-11-16,17-12-6-2-7-13-17)18-14-8-3-9-15-18;7-2-1-3(12-11)5(9)6(10)4(2)8;/h1-15H;1H;/q2*-1;+2. The van der Waals surface area contributed by atoms with E-state index in [1.807, 2.05) is 54.6 Å². The molecule has 9 heteroatoms. The fourth-order valence-corrected chi connectivity index (χ4v) is 15.5. The van der Waals surface area contributed by atoms with Crippen LogP contribution in [0.5, 0.6) is 0 Å². The van der Waals surface area contributed by atoms with Crippen molar-refractivity contribution in [2.75, 3.05) is 3.16 Å². The number of hydrogen-bond donors (Lipinski definition) is 0. The fourth-order valence-electron chi connectivity index (χ4n) is 3.73. The second-order valence-electron chi connectivity index (χ2n) is 7.23. The Bertz CT molecular complexity index is 1140. The SMILES string of the molecule is Clc1cc([N](Cl)[Zn][O][Si](c2ccccc2)(c2ccccc2)c2ccccc2)c(Cl)c(Cl)c1Cl. The van der Waals surface area contributed by atoms with Crippen LogP contribution in [0.4, 0.5) is 5.69 Å². The van der Waals surface area contributed by atoms with Gasteiger partial charge in [-0.3, -0.25) is 0 Å². The molecule has 0 saturated carbocycles. The van der Waals surface area contributed by atoms with E-state index in [-0.39, 0.29) is 20.1 Å². The third kappa shape index (κ3) is 5.15. The first-order chi connectivity index (χ1) is 15.9. The molecule has 0 saturated heterocycles. The molecule has 4 aromatic carbocycles. The molecule has 0 atom stereocenters. The van der Waals surface area contributed by atoms with Crippen molar-refractivity contribution in [3.8, 4) is 0 Å². The zero-order valence-corrected chi connectivity index (χ0v) is 24.9. The first-order valence-corrected chi connectivity index (χ1v) is 16.3. The fraction of sp³-hybridized carbons (Fsp3) is 0. The third-order valence-electron chi connectivity index (χ3n) is 5.28. The van der Waals surface area contributed by atoms with Gasteiger partial charge in [-0.05, 0) is 0 Å². The molecule has 0 aromatic heterocycles. The van der Waals surface area contributed by atoms with Crippen molar-refractivity contribution in [3.63, 3.8) is 0 Å². The number of hydrogen-bond acceptors (Lipinski definition) is 2. The van der Waals surface area contributed by atoms with Crippen molar-refractivity contribution in [3.05, 3.63) is 117 Å². The van der Waals surface area contributed by atoms with Crippen molar-refractivity contribution in [2.24, 2.45) is 0 Å². The van der Waals surface area contributed by atoms with Crippen LogP contribution in [0.2, 0.25) is 20.1 Å². The Morgan fingerprint density at radius 1 is 0.606 bits per heavy atom. The van der Waals surface area contributed by atoms with E-state index in [2.05, 4.69) is 36.4 Å². The summed E-state index contributed by atoms with van der Waals surface area (Å²) < 4.78 is 8.57. The van der Waals surface area contributed by atoms with E-state index < -0.39 is 26.0 Å². The number of rotatable bonds is 7. The Kier molecular flexibility index (Phi) is 8.43. The Balaban J connectivity index is 1.82. The molecule has 0 fully saturated rings. The molecule has 0 bridgehead atoms. The monoisotopic (exact) mass is 601 g/mol. The molecule has 0 N–H and O–H groups in total. The number of anilines is 1. The van der Waals surface area contributed by atoms with Gasteiger partial charge in [0.1, 0.15) is 0 Å². The van der Waals surface area contributed by atoms with Crippen LogP contribution >= 0.6 is 58.2 Å². The molecule has 4 aromatic rings. The van der Waals surface area contributed by atoms with Crippen LogP contribution in [0.25, 0.3) is 0 Å². The van der Waals surface area contributed by atoms with Gasteiger partial charge < -0.3 is 0 Å². The Morgan fingerprint density at radius 3 is 1.45 bits per heavy atom. The second kappa shape index (κ2) is 11.1. The zero-order chi connectivity index (χ0) is 23.4. The van der Waals surface area contributed by atoms with Crippen LogP contribution in [0.15, 0.2) is 97.1 Å². The van der Waals surface area contributed by atoms with Crippen LogP contribution in [-0.4, -0.2) is 8.32 Å². The maximum absolute atomic E-state index is 7.01. The molecular formula is C24H16Cl5NOSiZn. The maximum atomic E-state index is 7.01. The minimum absolute atomic E-state index is 0.173. The molecule has 33 heavy (non-hydrogen) atoms. The summed E-state index contributed by atoms with van der Waals surface area (Å²) in [6, 6.07) is 32.6. The van der Waals surface area contributed by atoms with Gasteiger partial charge in [0.2, 0.25) is 0 Å². The van der Waals surface area contributed by atoms with Crippen molar-refractivity contribution in [1.29, 1.82) is 0 Å². The van der Waals surface area contributed by atoms with Gasteiger partial charge in [0.15, 0.2) is 0 Å². The molecule has 0 radical (unpaired) electrons. The predicted octanol–water partition coefficient (Wildman–Crippen LogP) is 6.86. The van der Waals surface area contributed by atoms with Crippen LogP contribution in [0, 0.1) is 0 Å². The van der Waals surface area contributed by atoms with E-state index in [0.717, 1.165) is 15.6 Å². The molecule has 0 amide bonds. The van der Waals surface area contributed by atoms with E-state index >= 15 is 0 Å². The van der Waals surface area contributed by atoms with E-state index in [4.69, 9.17) is 61.4 Å². The van der Waals surface area contributed by atoms with Crippen LogP contribution in [0.3, 0.4) is 0 Å². The summed E-state index contributed by atoms with van der Waals surface area (Å²) >= 11 is 29.7. The molecule has 0 aliphatic carbocycles. The van der Waals surface area contributed by atoms with E-state index in [1.54, 1.807) is 9.23 Å². The van der Waals surface area contributed by atoms with Crippen molar-refractivity contribution < 1.29 is 21.0 Å². The summed E-state index contributed by atoms with van der Waals surface area (Å²) in [5.41, 5.74) is 0.495. The number of halogens is 5. The van der Waals surface area contributed by atoms with E-state index in [0.29, 0.717) is 5.69 Å². The predicted molar refractivity (Wildman–Crippen MR) is 140 cm³/mol. The second-order valence-corrected chi connectivity index (χ2v) is 17.1. The van der Waals surface area contributed by atoms with Gasteiger partial charge >= 0.3 is 229 Å². The average Bonchev–Trinajstić information content (AvgIpc) is 2.87. The molecule has 0 aliphatic rings. The summed E-state index contributed by atoms with van der Waals surface area (Å²) in [6.07, 6.45) is 0. The molecule has 4 rings (SSSR count). The molecule has 164 valence electrons. The van der Waals surface area contributed by atoms with Crippen LogP contribution < -0.4 is 18.7 Å². The van der Waals surface area contributed by atoms with Crippen molar-refractivity contribution in [1.82, 2.24) is 0 Å². The first kappa shape index (κ1) is 25.0. The molecular weight excluding hydrogens is 589 g/mol. The summed E-state index contributed by atoms with van der Waals surface area (Å²) in [6.45, 7) is 0. The van der Waals surface area contributed by atoms with Gasteiger partial charge in [-0.15, -0.1) is 0 Å². The van der Waals surface area contributed by atoms with Gasteiger partial charge in [0.25, 0.3) is 0 Å². The summed E-state index contributed by atoms with van der Waals surface area (Å²) in [5, 5.41) is 4.32. The van der Waals surface area contributed by atoms with Crippen LogP contribution in [-0.2, 0) is 21.0 Å². The molecule has 2 nitrogen and oxygen atoms in total. The molecule has 0 heterocycles. The Labute approximate surface area is 227 Å². The van der Waals surface area contributed by atoms with E-state index in [1.165, 1.54) is 0 Å². The average molecular weight is 605 g/mol. The number of nitrogens with zero attached hydrogens (tertiary/aromatic N) is 1. The first-order valence-electron chi connectivity index (χ1n) is 10.0. The van der Waals surface area contributed by atoms with Gasteiger partial charge in [-0.2, -0.15) is 0 Å².